The predicted octanol–water partition coefficient (Wildman–Crippen LogP) is 4.91. The molecule has 0 saturated carbocycles. The molecule has 6 nitrogen and oxygen atoms in total. The van der Waals surface area contributed by atoms with Gasteiger partial charge in [-0.3, -0.25) is 0 Å². The molecule has 0 spiro atoms. The zero-order chi connectivity index (χ0) is 19.8. The van der Waals surface area contributed by atoms with Crippen molar-refractivity contribution in [1.29, 1.82) is 0 Å². The molecule has 0 aliphatic rings. The number of anilines is 1. The molecular weight excluding hydrogens is 364 g/mol. The third-order valence-corrected chi connectivity index (χ3v) is 4.72. The van der Waals surface area contributed by atoms with Crippen molar-refractivity contribution in [2.75, 3.05) is 5.73 Å². The lowest BCUT2D eigenvalue weighted by Gasteiger charge is -2.08. The maximum Gasteiger partial charge on any atom is 0.223 e. The Labute approximate surface area is 167 Å². The first-order chi connectivity index (χ1) is 14.2. The van der Waals surface area contributed by atoms with E-state index >= 15 is 0 Å². The van der Waals surface area contributed by atoms with Crippen LogP contribution < -0.4 is 10.5 Å². The third-order valence-electron chi connectivity index (χ3n) is 4.72. The lowest BCUT2D eigenvalue weighted by atomic mass is 10.1. The second kappa shape index (κ2) is 6.91. The number of hydrogen-bond donors (Lipinski definition) is 1. The van der Waals surface area contributed by atoms with Gasteiger partial charge in [0.2, 0.25) is 5.95 Å². The van der Waals surface area contributed by atoms with Crippen molar-refractivity contribution in [3.8, 4) is 17.1 Å². The molecule has 0 radical (unpaired) electrons. The Kier molecular flexibility index (Phi) is 4.09. The van der Waals surface area contributed by atoms with Crippen molar-refractivity contribution in [1.82, 2.24) is 15.0 Å². The van der Waals surface area contributed by atoms with Crippen LogP contribution in [0.1, 0.15) is 11.4 Å². The van der Waals surface area contributed by atoms with Gasteiger partial charge >= 0.3 is 0 Å². The van der Waals surface area contributed by atoms with Crippen molar-refractivity contribution >= 4 is 27.9 Å². The van der Waals surface area contributed by atoms with Gasteiger partial charge in [0.1, 0.15) is 23.5 Å². The lowest BCUT2D eigenvalue weighted by molar-refractivity contribution is 0.296. The average Bonchev–Trinajstić information content (AvgIpc) is 3.10. The molecule has 0 unspecified atom stereocenters. The first kappa shape index (κ1) is 17.2. The fourth-order valence-electron chi connectivity index (χ4n) is 3.28. The molecule has 5 rings (SSSR count). The zero-order valence-corrected chi connectivity index (χ0v) is 15.8. The number of rotatable bonds is 4. The molecule has 2 aromatic heterocycles. The van der Waals surface area contributed by atoms with Crippen LogP contribution in [0.25, 0.3) is 33.3 Å². The van der Waals surface area contributed by atoms with Crippen molar-refractivity contribution < 1.29 is 9.15 Å². The number of ether oxygens (including phenoxy) is 1. The molecule has 6 heteroatoms. The summed E-state index contributed by atoms with van der Waals surface area (Å²) in [6.45, 7) is 2.22. The summed E-state index contributed by atoms with van der Waals surface area (Å²) in [5.41, 5.74) is 9.62. The Morgan fingerprint density at radius 2 is 1.66 bits per heavy atom. The van der Waals surface area contributed by atoms with E-state index in [-0.39, 0.29) is 12.6 Å². The van der Waals surface area contributed by atoms with E-state index in [0.29, 0.717) is 17.4 Å². The Hall–Kier alpha value is -3.93. The fourth-order valence-corrected chi connectivity index (χ4v) is 3.28. The molecule has 0 fully saturated rings. The number of hydrogen-bond acceptors (Lipinski definition) is 6. The minimum atomic E-state index is 0.172. The van der Waals surface area contributed by atoms with Gasteiger partial charge in [-0.1, -0.05) is 48.0 Å². The molecule has 142 valence electrons. The van der Waals surface area contributed by atoms with E-state index in [2.05, 4.69) is 15.0 Å². The van der Waals surface area contributed by atoms with Crippen molar-refractivity contribution in [3.63, 3.8) is 0 Å². The van der Waals surface area contributed by atoms with Crippen LogP contribution in [0.15, 0.2) is 71.1 Å². The van der Waals surface area contributed by atoms with E-state index < -0.39 is 0 Å². The smallest absolute Gasteiger partial charge is 0.223 e. The van der Waals surface area contributed by atoms with Gasteiger partial charge in [0.15, 0.2) is 11.6 Å². The summed E-state index contributed by atoms with van der Waals surface area (Å²) >= 11 is 0. The number of aromatic nitrogens is 3. The van der Waals surface area contributed by atoms with Gasteiger partial charge in [-0.2, -0.15) is 9.97 Å². The lowest BCUT2D eigenvalue weighted by Crippen LogP contribution is -2.07. The summed E-state index contributed by atoms with van der Waals surface area (Å²) in [7, 11) is 0. The first-order valence-corrected chi connectivity index (χ1v) is 9.27. The third kappa shape index (κ3) is 3.36. The van der Waals surface area contributed by atoms with Crippen molar-refractivity contribution in [2.45, 2.75) is 13.5 Å². The van der Waals surface area contributed by atoms with Gasteiger partial charge < -0.3 is 14.9 Å². The zero-order valence-electron chi connectivity index (χ0n) is 15.8. The number of nitrogen functional groups attached to an aromatic ring is 1. The molecule has 2 heterocycles. The number of para-hydroxylation sites is 1. The topological polar surface area (TPSA) is 87.1 Å². The van der Waals surface area contributed by atoms with Crippen LogP contribution in [0, 0.1) is 6.92 Å². The van der Waals surface area contributed by atoms with Gasteiger partial charge in [-0.25, -0.2) is 4.98 Å². The van der Waals surface area contributed by atoms with Gasteiger partial charge in [0.25, 0.3) is 0 Å². The molecule has 0 aliphatic carbocycles. The van der Waals surface area contributed by atoms with Gasteiger partial charge in [-0.05, 0) is 31.2 Å². The normalized spacial score (nSPS) is 11.2. The van der Waals surface area contributed by atoms with E-state index in [1.807, 2.05) is 73.7 Å². The highest BCUT2D eigenvalue weighted by molar-refractivity contribution is 6.05. The Balaban J connectivity index is 1.42. The fraction of sp³-hybridized carbons (Fsp3) is 0.0870. The number of aryl methyl sites for hydroxylation is 1. The minimum Gasteiger partial charge on any atom is -0.486 e. The van der Waals surface area contributed by atoms with Crippen LogP contribution in [-0.2, 0) is 6.61 Å². The van der Waals surface area contributed by atoms with Crippen LogP contribution in [0.3, 0.4) is 0 Å². The van der Waals surface area contributed by atoms with Crippen LogP contribution in [0.5, 0.6) is 5.75 Å². The number of benzene rings is 3. The molecule has 5 aromatic rings. The van der Waals surface area contributed by atoms with E-state index in [1.165, 1.54) is 5.56 Å². The Morgan fingerprint density at radius 1 is 0.862 bits per heavy atom. The van der Waals surface area contributed by atoms with Gasteiger partial charge in [-0.15, -0.1) is 0 Å². The molecule has 2 N–H and O–H groups in total. The average molecular weight is 382 g/mol. The highest BCUT2D eigenvalue weighted by Gasteiger charge is 2.10. The minimum absolute atomic E-state index is 0.172. The van der Waals surface area contributed by atoms with Gasteiger partial charge in [0, 0.05) is 16.3 Å². The Morgan fingerprint density at radius 3 is 2.52 bits per heavy atom. The summed E-state index contributed by atoms with van der Waals surface area (Å²) in [4.78, 5) is 13.0. The predicted molar refractivity (Wildman–Crippen MR) is 112 cm³/mol. The first-order valence-electron chi connectivity index (χ1n) is 9.27. The molecule has 0 aliphatic heterocycles. The number of nitrogens with two attached hydrogens (primary N) is 1. The van der Waals surface area contributed by atoms with Crippen molar-refractivity contribution in [2.24, 2.45) is 0 Å². The highest BCUT2D eigenvalue weighted by atomic mass is 16.5. The molecular formula is C23H18N4O2. The summed E-state index contributed by atoms with van der Waals surface area (Å²) in [5, 5.41) is 2.06. The number of fused-ring (bicyclic) bond motifs is 3. The van der Waals surface area contributed by atoms with Crippen LogP contribution in [-0.4, -0.2) is 15.0 Å². The van der Waals surface area contributed by atoms with Gasteiger partial charge in [0.05, 0.1) is 0 Å². The maximum atomic E-state index is 5.93. The van der Waals surface area contributed by atoms with Crippen LogP contribution >= 0.6 is 0 Å². The highest BCUT2D eigenvalue weighted by Crippen LogP contribution is 2.31. The maximum absolute atomic E-state index is 5.93. The second-order valence-electron chi connectivity index (χ2n) is 6.84. The molecule has 29 heavy (non-hydrogen) atoms. The van der Waals surface area contributed by atoms with E-state index in [0.717, 1.165) is 27.5 Å². The summed E-state index contributed by atoms with van der Waals surface area (Å²) in [5.74, 6) is 1.89. The second-order valence-corrected chi connectivity index (χ2v) is 6.84. The largest absolute Gasteiger partial charge is 0.486 e. The standard InChI is InChI=1S/C23H18N4O2/c1-14-6-8-15(9-7-14)22-25-21(26-23(24)27-22)13-28-16-10-11-20-18(12-16)17-4-2-3-5-19(17)29-20/h2-12H,13H2,1H3,(H2,24,25,26,27). The number of furan rings is 1. The SMILES string of the molecule is Cc1ccc(-c2nc(N)nc(COc3ccc4oc5ccccc5c4c3)n2)cc1. The molecule has 0 bridgehead atoms. The van der Waals surface area contributed by atoms with E-state index in [4.69, 9.17) is 14.9 Å². The van der Waals surface area contributed by atoms with Crippen LogP contribution in [0.4, 0.5) is 5.95 Å². The van der Waals surface area contributed by atoms with Crippen LogP contribution in [0.2, 0.25) is 0 Å². The Bertz CT molecular complexity index is 1330. The molecule has 0 amide bonds. The van der Waals surface area contributed by atoms with Crippen molar-refractivity contribution in [3.05, 3.63) is 78.1 Å². The van der Waals surface area contributed by atoms with E-state index in [9.17, 15) is 0 Å². The van der Waals surface area contributed by atoms with E-state index in [1.54, 1.807) is 0 Å². The monoisotopic (exact) mass is 382 g/mol. The molecule has 0 saturated heterocycles. The number of nitrogens with zero attached hydrogens (tertiary/aromatic N) is 3. The molecule has 0 atom stereocenters. The summed E-state index contributed by atoms with van der Waals surface area (Å²) < 4.78 is 11.8. The summed E-state index contributed by atoms with van der Waals surface area (Å²) in [6.07, 6.45) is 0. The summed E-state index contributed by atoms with van der Waals surface area (Å²) in [6, 6.07) is 21.6. The quantitative estimate of drug-likeness (QED) is 0.475. The molecule has 3 aromatic carbocycles.